The zero-order chi connectivity index (χ0) is 22.2. The van der Waals surface area contributed by atoms with Crippen LogP contribution in [0.25, 0.3) is 0 Å². The molecular formula is C22H21ClN4O4. The smallest absolute Gasteiger partial charge is 0.293 e. The molecule has 160 valence electrons. The first-order valence-corrected chi connectivity index (χ1v) is 9.94. The van der Waals surface area contributed by atoms with E-state index >= 15 is 0 Å². The lowest BCUT2D eigenvalue weighted by atomic mass is 10.1. The van der Waals surface area contributed by atoms with E-state index in [-0.39, 0.29) is 30.4 Å². The van der Waals surface area contributed by atoms with Gasteiger partial charge in [0.15, 0.2) is 0 Å². The lowest BCUT2D eigenvalue weighted by Gasteiger charge is -2.15. The Bertz CT molecular complexity index is 1050. The molecule has 1 unspecified atom stereocenters. The number of ether oxygens (including phenoxy) is 1. The predicted molar refractivity (Wildman–Crippen MR) is 119 cm³/mol. The number of carbonyl (C=O) groups excluding carboxylic acids is 1. The highest BCUT2D eigenvalue weighted by Gasteiger charge is 2.19. The minimum atomic E-state index is -0.520. The van der Waals surface area contributed by atoms with Crippen LogP contribution in [0.2, 0.25) is 5.02 Å². The molecule has 1 heterocycles. The van der Waals surface area contributed by atoms with Crippen LogP contribution in [-0.2, 0) is 0 Å². The molecule has 31 heavy (non-hydrogen) atoms. The Morgan fingerprint density at radius 3 is 2.65 bits per heavy atom. The molecular weight excluding hydrogens is 420 g/mol. The van der Waals surface area contributed by atoms with Gasteiger partial charge in [0.05, 0.1) is 23.2 Å². The molecule has 3 aromatic rings. The Hall–Kier alpha value is -3.65. The van der Waals surface area contributed by atoms with Gasteiger partial charge in [-0.1, -0.05) is 17.7 Å². The number of rotatable bonds is 9. The summed E-state index contributed by atoms with van der Waals surface area (Å²) in [6.45, 7) is 2.34. The van der Waals surface area contributed by atoms with E-state index in [0.717, 1.165) is 5.69 Å². The van der Waals surface area contributed by atoms with Crippen molar-refractivity contribution in [2.24, 2.45) is 0 Å². The summed E-state index contributed by atoms with van der Waals surface area (Å²) in [6.07, 6.45) is 1.66. The summed E-state index contributed by atoms with van der Waals surface area (Å²) < 4.78 is 5.52. The van der Waals surface area contributed by atoms with Crippen LogP contribution in [0.4, 0.5) is 11.4 Å². The highest BCUT2D eigenvalue weighted by atomic mass is 35.5. The van der Waals surface area contributed by atoms with E-state index in [1.807, 2.05) is 19.1 Å². The average molecular weight is 441 g/mol. The van der Waals surface area contributed by atoms with Gasteiger partial charge in [0, 0.05) is 22.8 Å². The summed E-state index contributed by atoms with van der Waals surface area (Å²) in [5.74, 6) is 0.207. The molecule has 1 atom stereocenters. The van der Waals surface area contributed by atoms with Crippen molar-refractivity contribution in [1.82, 2.24) is 10.3 Å². The lowest BCUT2D eigenvalue weighted by molar-refractivity contribution is -0.384. The summed E-state index contributed by atoms with van der Waals surface area (Å²) in [7, 11) is 0. The molecule has 0 bridgehead atoms. The fraction of sp³-hybridized carbons (Fsp3) is 0.182. The van der Waals surface area contributed by atoms with E-state index in [1.54, 1.807) is 36.5 Å². The molecule has 9 heteroatoms. The highest BCUT2D eigenvalue weighted by Crippen LogP contribution is 2.29. The number of anilines is 1. The number of nitro groups is 1. The second-order valence-electron chi connectivity index (χ2n) is 6.67. The van der Waals surface area contributed by atoms with E-state index in [4.69, 9.17) is 16.3 Å². The quantitative estimate of drug-likeness (QED) is 0.285. The van der Waals surface area contributed by atoms with Gasteiger partial charge in [0.25, 0.3) is 11.6 Å². The number of hydrogen-bond acceptors (Lipinski definition) is 6. The van der Waals surface area contributed by atoms with E-state index in [1.165, 1.54) is 18.2 Å². The van der Waals surface area contributed by atoms with Gasteiger partial charge < -0.3 is 15.4 Å². The van der Waals surface area contributed by atoms with Gasteiger partial charge in [-0.25, -0.2) is 0 Å². The van der Waals surface area contributed by atoms with E-state index in [2.05, 4.69) is 15.6 Å². The van der Waals surface area contributed by atoms with Crippen molar-refractivity contribution >= 4 is 28.9 Å². The molecule has 0 fully saturated rings. The van der Waals surface area contributed by atoms with Gasteiger partial charge in [-0.15, -0.1) is 0 Å². The Balaban J connectivity index is 1.60. The monoisotopic (exact) mass is 440 g/mol. The van der Waals surface area contributed by atoms with Crippen molar-refractivity contribution in [3.8, 4) is 5.75 Å². The molecule has 1 amide bonds. The lowest BCUT2D eigenvalue weighted by Crippen LogP contribution is -2.28. The van der Waals surface area contributed by atoms with Gasteiger partial charge in [-0.05, 0) is 55.5 Å². The van der Waals surface area contributed by atoms with E-state index < -0.39 is 10.8 Å². The molecule has 1 aromatic heterocycles. The van der Waals surface area contributed by atoms with Crippen LogP contribution in [0.1, 0.15) is 29.0 Å². The van der Waals surface area contributed by atoms with Crippen molar-refractivity contribution in [2.75, 3.05) is 18.5 Å². The maximum atomic E-state index is 12.4. The molecule has 0 aliphatic carbocycles. The van der Waals surface area contributed by atoms with Crippen molar-refractivity contribution in [2.45, 2.75) is 13.0 Å². The second kappa shape index (κ2) is 10.4. The fourth-order valence-electron chi connectivity index (χ4n) is 2.85. The average Bonchev–Trinajstić information content (AvgIpc) is 2.78. The molecule has 0 saturated heterocycles. The van der Waals surface area contributed by atoms with E-state index in [9.17, 15) is 14.9 Å². The van der Waals surface area contributed by atoms with Crippen molar-refractivity contribution in [3.63, 3.8) is 0 Å². The fourth-order valence-corrected chi connectivity index (χ4v) is 2.98. The highest BCUT2D eigenvalue weighted by molar-refractivity contribution is 6.30. The molecule has 2 N–H and O–H groups in total. The zero-order valence-corrected chi connectivity index (χ0v) is 17.5. The summed E-state index contributed by atoms with van der Waals surface area (Å²) in [4.78, 5) is 27.7. The van der Waals surface area contributed by atoms with Gasteiger partial charge >= 0.3 is 0 Å². The number of benzene rings is 2. The number of carbonyl (C=O) groups is 1. The van der Waals surface area contributed by atoms with Crippen LogP contribution in [0.5, 0.6) is 5.75 Å². The first-order chi connectivity index (χ1) is 14.9. The Kier molecular flexibility index (Phi) is 7.40. The number of nitro benzene ring substituents is 1. The van der Waals surface area contributed by atoms with Crippen LogP contribution in [-0.4, -0.2) is 29.0 Å². The number of halogens is 1. The van der Waals surface area contributed by atoms with Gasteiger partial charge in [0.2, 0.25) is 0 Å². The number of hydrogen-bond donors (Lipinski definition) is 2. The molecule has 0 aliphatic heterocycles. The zero-order valence-electron chi connectivity index (χ0n) is 16.7. The molecule has 0 saturated carbocycles. The van der Waals surface area contributed by atoms with E-state index in [0.29, 0.717) is 16.5 Å². The van der Waals surface area contributed by atoms with Gasteiger partial charge in [-0.2, -0.15) is 0 Å². The molecule has 0 aliphatic rings. The Labute approximate surface area is 184 Å². The third kappa shape index (κ3) is 6.16. The summed E-state index contributed by atoms with van der Waals surface area (Å²) in [5.41, 5.74) is 1.06. The Morgan fingerprint density at radius 1 is 1.19 bits per heavy atom. The number of nitrogens with zero attached hydrogens (tertiary/aromatic N) is 2. The van der Waals surface area contributed by atoms with Crippen molar-refractivity contribution in [1.29, 1.82) is 0 Å². The summed E-state index contributed by atoms with van der Waals surface area (Å²) in [6, 6.07) is 16.4. The minimum absolute atomic E-state index is 0.187. The molecule has 2 aromatic carbocycles. The van der Waals surface area contributed by atoms with Gasteiger partial charge in [0.1, 0.15) is 18.0 Å². The maximum Gasteiger partial charge on any atom is 0.293 e. The first kappa shape index (κ1) is 22.0. The largest absolute Gasteiger partial charge is 0.492 e. The van der Waals surface area contributed by atoms with Crippen LogP contribution in [0.3, 0.4) is 0 Å². The normalized spacial score (nSPS) is 11.4. The molecule has 0 radical (unpaired) electrons. The summed E-state index contributed by atoms with van der Waals surface area (Å²) >= 11 is 5.82. The van der Waals surface area contributed by atoms with Crippen LogP contribution in [0.15, 0.2) is 66.9 Å². The molecule has 3 rings (SSSR count). The SMILES string of the molecule is CC(Nc1ccc(C(=O)NCCOc2ccc(Cl)cc2)cc1[N+](=O)[O-])c1ccccn1. The molecule has 8 nitrogen and oxygen atoms in total. The standard InChI is InChI=1S/C22H21ClN4O4/c1-15(19-4-2-3-11-24-19)26-20-10-5-16(14-21(20)27(29)30)22(28)25-12-13-31-18-8-6-17(23)7-9-18/h2-11,14-15,26H,12-13H2,1H3,(H,25,28). The first-order valence-electron chi connectivity index (χ1n) is 9.56. The number of nitrogens with one attached hydrogen (secondary N) is 2. The maximum absolute atomic E-state index is 12.4. The summed E-state index contributed by atoms with van der Waals surface area (Å²) in [5, 5.41) is 17.9. The topological polar surface area (TPSA) is 106 Å². The number of aromatic nitrogens is 1. The number of pyridine rings is 1. The van der Waals surface area contributed by atoms with Gasteiger partial charge in [-0.3, -0.25) is 19.9 Å². The van der Waals surface area contributed by atoms with Crippen molar-refractivity contribution in [3.05, 3.63) is 93.3 Å². The van der Waals surface area contributed by atoms with Crippen molar-refractivity contribution < 1.29 is 14.5 Å². The molecule has 0 spiro atoms. The van der Waals surface area contributed by atoms with Crippen LogP contribution >= 0.6 is 11.6 Å². The third-order valence-corrected chi connectivity index (χ3v) is 4.68. The third-order valence-electron chi connectivity index (χ3n) is 4.43. The predicted octanol–water partition coefficient (Wildman–Crippen LogP) is 4.63. The number of amides is 1. The minimum Gasteiger partial charge on any atom is -0.492 e. The van der Waals surface area contributed by atoms with Crippen LogP contribution < -0.4 is 15.4 Å². The Morgan fingerprint density at radius 2 is 1.97 bits per heavy atom. The van der Waals surface area contributed by atoms with Crippen LogP contribution in [0, 0.1) is 10.1 Å². The second-order valence-corrected chi connectivity index (χ2v) is 7.10.